The van der Waals surface area contributed by atoms with Crippen molar-refractivity contribution in [3.05, 3.63) is 34.4 Å². The number of carbonyl (C=O) groups is 1. The molecule has 0 fully saturated rings. The number of carbonyl (C=O) groups excluding carboxylic acids is 1. The summed E-state index contributed by atoms with van der Waals surface area (Å²) in [6.45, 7) is 1.90. The molecule has 0 heterocycles. The van der Waals surface area contributed by atoms with Gasteiger partial charge in [-0.15, -0.1) is 0 Å². The molecular formula is C18H18F5NO. The molecule has 25 heavy (non-hydrogen) atoms. The Balaban J connectivity index is 2.34. The van der Waals surface area contributed by atoms with Gasteiger partial charge in [-0.1, -0.05) is 19.8 Å². The summed E-state index contributed by atoms with van der Waals surface area (Å²) >= 11 is 0. The van der Waals surface area contributed by atoms with Crippen LogP contribution in [0.15, 0.2) is 11.6 Å². The third kappa shape index (κ3) is 2.64. The Kier molecular flexibility index (Phi) is 4.16. The number of unbranched alkanes of at least 4 members (excludes halogenated alkanes) is 1. The number of allylic oxidation sites excluding steroid dienone is 2. The number of halogens is 5. The predicted molar refractivity (Wildman–Crippen MR) is 83.6 cm³/mol. The highest BCUT2D eigenvalue weighted by Gasteiger charge is 2.54. The molecule has 0 radical (unpaired) electrons. The van der Waals surface area contributed by atoms with Gasteiger partial charge in [0, 0.05) is 11.8 Å². The normalized spacial score (nSPS) is 23.0. The van der Waals surface area contributed by atoms with Gasteiger partial charge in [-0.3, -0.25) is 4.79 Å². The van der Waals surface area contributed by atoms with Gasteiger partial charge >= 0.3 is 6.18 Å². The Morgan fingerprint density at radius 2 is 1.96 bits per heavy atom. The average molecular weight is 359 g/mol. The number of hydrogen-bond acceptors (Lipinski definition) is 2. The molecule has 0 aliphatic heterocycles. The van der Waals surface area contributed by atoms with Crippen LogP contribution in [0.5, 0.6) is 0 Å². The first kappa shape index (κ1) is 17.9. The number of rotatable bonds is 3. The molecule has 0 saturated carbocycles. The van der Waals surface area contributed by atoms with E-state index in [0.29, 0.717) is 12.8 Å². The largest absolute Gasteiger partial charge is 0.420 e. The summed E-state index contributed by atoms with van der Waals surface area (Å²) in [5.41, 5.74) is 2.05. The predicted octanol–water partition coefficient (Wildman–Crippen LogP) is 4.96. The first-order valence-electron chi connectivity index (χ1n) is 8.24. The van der Waals surface area contributed by atoms with Gasteiger partial charge < -0.3 is 5.73 Å². The summed E-state index contributed by atoms with van der Waals surface area (Å²) in [6, 6.07) is 0.848. The molecular weight excluding hydrogens is 341 g/mol. The smallest absolute Gasteiger partial charge is 0.394 e. The lowest BCUT2D eigenvalue weighted by Gasteiger charge is -2.37. The summed E-state index contributed by atoms with van der Waals surface area (Å²) in [5, 5.41) is 0. The van der Waals surface area contributed by atoms with Gasteiger partial charge in [0.15, 0.2) is 11.6 Å². The van der Waals surface area contributed by atoms with E-state index >= 15 is 0 Å². The van der Waals surface area contributed by atoms with E-state index in [0.717, 1.165) is 12.5 Å². The zero-order chi connectivity index (χ0) is 18.6. The van der Waals surface area contributed by atoms with E-state index in [-0.39, 0.29) is 36.0 Å². The van der Waals surface area contributed by atoms with Crippen molar-refractivity contribution in [1.82, 2.24) is 0 Å². The minimum atomic E-state index is -4.86. The Labute approximate surface area is 141 Å². The number of ketones is 1. The molecule has 2 N–H and O–H groups in total. The number of nitrogen functional groups attached to an aromatic ring is 1. The van der Waals surface area contributed by atoms with Crippen molar-refractivity contribution in [2.75, 3.05) is 5.73 Å². The fourth-order valence-corrected chi connectivity index (χ4v) is 4.17. The van der Waals surface area contributed by atoms with Crippen molar-refractivity contribution >= 4 is 17.0 Å². The molecule has 0 aromatic heterocycles. The second-order valence-corrected chi connectivity index (χ2v) is 6.84. The number of alkyl halides is 3. The van der Waals surface area contributed by atoms with Gasteiger partial charge in [0.2, 0.25) is 0 Å². The summed E-state index contributed by atoms with van der Waals surface area (Å²) in [4.78, 5) is 12.1. The fourth-order valence-electron chi connectivity index (χ4n) is 4.17. The molecule has 1 unspecified atom stereocenters. The van der Waals surface area contributed by atoms with E-state index in [9.17, 15) is 26.7 Å². The van der Waals surface area contributed by atoms with Gasteiger partial charge in [0.05, 0.1) is 0 Å². The quantitative estimate of drug-likeness (QED) is 0.612. The van der Waals surface area contributed by atoms with Crippen molar-refractivity contribution in [1.29, 1.82) is 0 Å². The molecule has 2 aliphatic rings. The van der Waals surface area contributed by atoms with Crippen molar-refractivity contribution in [3.63, 3.8) is 0 Å². The van der Waals surface area contributed by atoms with E-state index < -0.39 is 40.3 Å². The van der Waals surface area contributed by atoms with Crippen molar-refractivity contribution < 1.29 is 26.7 Å². The highest BCUT2D eigenvalue weighted by molar-refractivity contribution is 6.07. The molecule has 2 aliphatic carbocycles. The van der Waals surface area contributed by atoms with Crippen LogP contribution in [0.2, 0.25) is 0 Å². The van der Waals surface area contributed by atoms with Crippen molar-refractivity contribution in [2.45, 2.75) is 51.6 Å². The number of Topliss-reactive ketones (excluding diaryl/α,β-unsaturated/α-hetero) is 1. The Bertz CT molecular complexity index is 781. The zero-order valence-corrected chi connectivity index (χ0v) is 13.7. The van der Waals surface area contributed by atoms with E-state index in [4.69, 9.17) is 5.73 Å². The Hall–Kier alpha value is -1.92. The third-order valence-corrected chi connectivity index (χ3v) is 5.32. The number of benzene rings is 1. The molecule has 2 nitrogen and oxygen atoms in total. The second-order valence-electron chi connectivity index (χ2n) is 6.84. The van der Waals surface area contributed by atoms with E-state index in [1.165, 1.54) is 0 Å². The number of hydrogen-bond donors (Lipinski definition) is 1. The lowest BCUT2D eigenvalue weighted by Crippen LogP contribution is -2.34. The number of fused-ring (bicyclic) bond motifs is 3. The third-order valence-electron chi connectivity index (χ3n) is 5.32. The molecule has 1 aromatic rings. The van der Waals surface area contributed by atoms with Crippen LogP contribution in [0.4, 0.5) is 27.6 Å². The minimum Gasteiger partial charge on any atom is -0.394 e. The van der Waals surface area contributed by atoms with Gasteiger partial charge in [0.25, 0.3) is 0 Å². The van der Waals surface area contributed by atoms with Crippen LogP contribution in [0.25, 0.3) is 5.57 Å². The van der Waals surface area contributed by atoms with Crippen molar-refractivity contribution in [3.8, 4) is 0 Å². The van der Waals surface area contributed by atoms with Gasteiger partial charge in [-0.2, -0.15) is 13.2 Å². The maximum absolute atomic E-state index is 14.5. The molecule has 0 bridgehead atoms. The molecule has 0 spiro atoms. The zero-order valence-electron chi connectivity index (χ0n) is 13.7. The first-order valence-corrected chi connectivity index (χ1v) is 8.24. The number of nitrogens with two attached hydrogens (primary N) is 1. The molecule has 1 atom stereocenters. The average Bonchev–Trinajstić information content (AvgIpc) is 2.85. The van der Waals surface area contributed by atoms with Crippen LogP contribution in [0.3, 0.4) is 0 Å². The molecule has 7 heteroatoms. The molecule has 1 aromatic carbocycles. The maximum atomic E-state index is 14.5. The van der Waals surface area contributed by atoms with Crippen LogP contribution in [-0.4, -0.2) is 12.0 Å². The topological polar surface area (TPSA) is 43.1 Å². The lowest BCUT2D eigenvalue weighted by atomic mass is 9.67. The van der Waals surface area contributed by atoms with E-state index in [1.54, 1.807) is 0 Å². The first-order chi connectivity index (χ1) is 11.6. The minimum absolute atomic E-state index is 0.0125. The van der Waals surface area contributed by atoms with Crippen molar-refractivity contribution in [2.24, 2.45) is 5.41 Å². The maximum Gasteiger partial charge on any atom is 0.420 e. The standard InChI is InChI=1S/C18H18F5NO/c1-2-3-5-17-6-4-12(25)14(18(21,22)23)13(17)9-7-11(19)16(24)15(20)10(9)8-17/h7H,2-6,8,24H2,1H3. The molecule has 136 valence electrons. The van der Waals surface area contributed by atoms with Crippen LogP contribution >= 0.6 is 0 Å². The van der Waals surface area contributed by atoms with Crippen LogP contribution in [-0.2, 0) is 11.2 Å². The second kappa shape index (κ2) is 5.81. The summed E-state index contributed by atoms with van der Waals surface area (Å²) in [6.07, 6.45) is -3.11. The van der Waals surface area contributed by atoms with Crippen LogP contribution in [0.1, 0.15) is 50.2 Å². The lowest BCUT2D eigenvalue weighted by molar-refractivity contribution is -0.130. The Morgan fingerprint density at radius 1 is 1.28 bits per heavy atom. The fraction of sp³-hybridized carbons (Fsp3) is 0.500. The molecule has 3 rings (SSSR count). The van der Waals surface area contributed by atoms with Gasteiger partial charge in [-0.05, 0) is 42.0 Å². The highest BCUT2D eigenvalue weighted by atomic mass is 19.4. The summed E-state index contributed by atoms with van der Waals surface area (Å²) in [5.74, 6) is -3.13. The summed E-state index contributed by atoms with van der Waals surface area (Å²) < 4.78 is 69.2. The van der Waals surface area contributed by atoms with Crippen LogP contribution in [0, 0.1) is 17.0 Å². The monoisotopic (exact) mass is 359 g/mol. The van der Waals surface area contributed by atoms with Gasteiger partial charge in [0.1, 0.15) is 17.1 Å². The molecule has 0 saturated heterocycles. The highest BCUT2D eigenvalue weighted by Crippen LogP contribution is 2.59. The van der Waals surface area contributed by atoms with Crippen LogP contribution < -0.4 is 5.73 Å². The number of anilines is 1. The van der Waals surface area contributed by atoms with Gasteiger partial charge in [-0.25, -0.2) is 8.78 Å². The molecule has 0 amide bonds. The Morgan fingerprint density at radius 3 is 2.56 bits per heavy atom. The summed E-state index contributed by atoms with van der Waals surface area (Å²) in [7, 11) is 0. The van der Waals surface area contributed by atoms with E-state index in [1.807, 2.05) is 6.92 Å². The SMILES string of the molecule is CCCCC12CCC(=O)C(C(F)(F)F)=C1c1cc(F)c(N)c(F)c1C2. The van der Waals surface area contributed by atoms with E-state index in [2.05, 4.69) is 0 Å².